The van der Waals surface area contributed by atoms with E-state index in [1.54, 1.807) is 12.4 Å². The zero-order valence-corrected chi connectivity index (χ0v) is 26.4. The summed E-state index contributed by atoms with van der Waals surface area (Å²) in [5.74, 6) is 0. The van der Waals surface area contributed by atoms with E-state index in [2.05, 4.69) is 110 Å². The van der Waals surface area contributed by atoms with Crippen LogP contribution in [0.2, 0.25) is 0 Å². The minimum absolute atomic E-state index is 0.154. The van der Waals surface area contributed by atoms with Gasteiger partial charge in [-0.25, -0.2) is 0 Å². The lowest BCUT2D eigenvalue weighted by molar-refractivity contribution is 0.663. The quantitative estimate of drug-likeness (QED) is 0.189. The third-order valence-electron chi connectivity index (χ3n) is 9.45. The Hall–Kier alpha value is -5.93. The molecule has 8 rings (SSSR count). The maximum Gasteiger partial charge on any atom is 0.0739 e. The number of pyridine rings is 1. The minimum Gasteiger partial charge on any atom is -0.300 e. The summed E-state index contributed by atoms with van der Waals surface area (Å²) in [6, 6.07) is 46.8. The van der Waals surface area contributed by atoms with E-state index in [-0.39, 0.29) is 5.41 Å². The van der Waals surface area contributed by atoms with Gasteiger partial charge in [0.05, 0.1) is 11.4 Å². The number of hydrogen-bond acceptors (Lipinski definition) is 3. The van der Waals surface area contributed by atoms with Crippen LogP contribution in [0.5, 0.6) is 0 Å². The van der Waals surface area contributed by atoms with Crippen molar-refractivity contribution in [1.82, 2.24) is 4.98 Å². The first-order valence-corrected chi connectivity index (χ1v) is 16.0. The van der Waals surface area contributed by atoms with Crippen LogP contribution in [0.3, 0.4) is 0 Å². The van der Waals surface area contributed by atoms with E-state index in [0.29, 0.717) is 11.4 Å². The minimum atomic E-state index is -0.154. The van der Waals surface area contributed by atoms with Gasteiger partial charge in [-0.15, -0.1) is 0 Å². The number of allylic oxidation sites excluding steroid dienone is 1. The fraction of sp³-hybridized carbons (Fsp3) is 0.0682. The molecule has 0 fully saturated rings. The predicted octanol–water partition coefficient (Wildman–Crippen LogP) is 10.9. The van der Waals surface area contributed by atoms with Crippen molar-refractivity contribution >= 4 is 39.2 Å². The molecule has 0 saturated carbocycles. The molecule has 0 radical (unpaired) electrons. The summed E-state index contributed by atoms with van der Waals surface area (Å²) in [4.78, 5) is 9.29. The molecule has 0 spiro atoms. The van der Waals surface area contributed by atoms with E-state index in [1.165, 1.54) is 49.5 Å². The number of benzene rings is 6. The lowest BCUT2D eigenvalue weighted by Crippen LogP contribution is -2.16. The smallest absolute Gasteiger partial charge is 0.0739 e. The molecular weight excluding hydrogens is 571 g/mol. The van der Waals surface area contributed by atoms with Gasteiger partial charge in [0.2, 0.25) is 0 Å². The fourth-order valence-corrected chi connectivity index (χ4v) is 7.15. The highest BCUT2D eigenvalue weighted by Crippen LogP contribution is 2.53. The van der Waals surface area contributed by atoms with E-state index in [1.807, 2.05) is 54.8 Å². The summed E-state index contributed by atoms with van der Waals surface area (Å²) in [5, 5.41) is 13.6. The maximum absolute atomic E-state index is 8.76. The van der Waals surface area contributed by atoms with Crippen LogP contribution >= 0.6 is 0 Å². The second kappa shape index (κ2) is 11.5. The Kier molecular flexibility index (Phi) is 6.96. The standard InChI is InChI=1S/C44H33N3/c1-44(2)40-25-31-15-7-6-14-30(31)24-39(40)38-20-10-19-37(43(38)44)36-22-21-32(34-17-8-9-18-35(34)36)28-47-42(33-16-11-23-46-27-33)26-41(45)29-12-4-3-5-13-29/h3-28,45H,1-2H3/b42-26-,45-41?,47-28?. The van der Waals surface area contributed by atoms with Crippen molar-refractivity contribution in [3.05, 3.63) is 180 Å². The molecule has 3 nitrogen and oxygen atoms in total. The Labute approximate surface area is 275 Å². The van der Waals surface area contributed by atoms with Gasteiger partial charge in [0.15, 0.2) is 0 Å². The Morgan fingerprint density at radius 2 is 1.32 bits per heavy atom. The lowest BCUT2D eigenvalue weighted by atomic mass is 9.78. The van der Waals surface area contributed by atoms with Crippen LogP contribution < -0.4 is 0 Å². The first kappa shape index (κ1) is 28.5. The van der Waals surface area contributed by atoms with Crippen LogP contribution in [-0.4, -0.2) is 16.9 Å². The summed E-state index contributed by atoms with van der Waals surface area (Å²) >= 11 is 0. The highest BCUT2D eigenvalue weighted by atomic mass is 14.7. The number of nitrogens with zero attached hydrogens (tertiary/aromatic N) is 2. The summed E-state index contributed by atoms with van der Waals surface area (Å²) in [6.45, 7) is 4.72. The third kappa shape index (κ3) is 4.97. The zero-order chi connectivity index (χ0) is 32.0. The van der Waals surface area contributed by atoms with Crippen molar-refractivity contribution in [3.63, 3.8) is 0 Å². The van der Waals surface area contributed by atoms with E-state index < -0.39 is 0 Å². The third-order valence-corrected chi connectivity index (χ3v) is 9.45. The van der Waals surface area contributed by atoms with Gasteiger partial charge < -0.3 is 5.41 Å². The molecule has 1 aliphatic rings. The van der Waals surface area contributed by atoms with Gasteiger partial charge in [-0.1, -0.05) is 123 Å². The average Bonchev–Trinajstić information content (AvgIpc) is 3.35. The first-order chi connectivity index (χ1) is 23.0. The molecule has 47 heavy (non-hydrogen) atoms. The van der Waals surface area contributed by atoms with Gasteiger partial charge in [-0.2, -0.15) is 0 Å². The zero-order valence-electron chi connectivity index (χ0n) is 26.4. The van der Waals surface area contributed by atoms with Crippen LogP contribution in [0, 0.1) is 5.41 Å². The molecular formula is C44H33N3. The number of aliphatic imine (C=N–C) groups is 1. The van der Waals surface area contributed by atoms with Crippen LogP contribution in [0.4, 0.5) is 0 Å². The molecule has 0 saturated heterocycles. The molecule has 224 valence electrons. The SMILES string of the molecule is CC1(C)c2cc3ccccc3cc2-c2cccc(-c3ccc(C=N/C(=C\C(=N)c4ccccc4)c4cccnc4)c4ccccc34)c21. The molecule has 1 aromatic heterocycles. The number of rotatable bonds is 6. The van der Waals surface area contributed by atoms with Gasteiger partial charge in [0, 0.05) is 35.2 Å². The van der Waals surface area contributed by atoms with Crippen molar-refractivity contribution in [1.29, 1.82) is 5.41 Å². The van der Waals surface area contributed by atoms with Crippen LogP contribution in [-0.2, 0) is 5.41 Å². The maximum atomic E-state index is 8.76. The van der Waals surface area contributed by atoms with Crippen molar-refractivity contribution in [2.75, 3.05) is 0 Å². The monoisotopic (exact) mass is 603 g/mol. The van der Waals surface area contributed by atoms with Crippen molar-refractivity contribution in [3.8, 4) is 22.3 Å². The Bertz CT molecular complexity index is 2380. The summed E-state index contributed by atoms with van der Waals surface area (Å²) < 4.78 is 0. The number of aromatic nitrogens is 1. The van der Waals surface area contributed by atoms with Crippen molar-refractivity contribution in [2.45, 2.75) is 19.3 Å². The Morgan fingerprint density at radius 1 is 0.638 bits per heavy atom. The van der Waals surface area contributed by atoms with Gasteiger partial charge in [0.1, 0.15) is 0 Å². The van der Waals surface area contributed by atoms with E-state index in [0.717, 1.165) is 22.1 Å². The lowest BCUT2D eigenvalue weighted by Gasteiger charge is -2.25. The molecule has 7 aromatic rings. The number of fused-ring (bicyclic) bond motifs is 5. The van der Waals surface area contributed by atoms with Crippen LogP contribution in [0.1, 0.15) is 41.7 Å². The predicted molar refractivity (Wildman–Crippen MR) is 198 cm³/mol. The van der Waals surface area contributed by atoms with E-state index in [9.17, 15) is 0 Å². The Morgan fingerprint density at radius 3 is 2.09 bits per heavy atom. The summed E-state index contributed by atoms with van der Waals surface area (Å²) in [5.41, 5.74) is 11.5. The highest BCUT2D eigenvalue weighted by Gasteiger charge is 2.38. The average molecular weight is 604 g/mol. The molecule has 0 unspecified atom stereocenters. The number of nitrogens with one attached hydrogen (secondary N) is 1. The molecule has 6 aromatic carbocycles. The summed E-state index contributed by atoms with van der Waals surface area (Å²) in [6.07, 6.45) is 7.28. The largest absolute Gasteiger partial charge is 0.300 e. The van der Waals surface area contributed by atoms with E-state index in [4.69, 9.17) is 10.4 Å². The number of hydrogen-bond donors (Lipinski definition) is 1. The molecule has 0 atom stereocenters. The second-order valence-electron chi connectivity index (χ2n) is 12.7. The molecule has 1 N–H and O–H groups in total. The molecule has 0 bridgehead atoms. The highest BCUT2D eigenvalue weighted by molar-refractivity contribution is 6.12. The van der Waals surface area contributed by atoms with Gasteiger partial charge in [-0.3, -0.25) is 9.98 Å². The topological polar surface area (TPSA) is 49.1 Å². The fourth-order valence-electron chi connectivity index (χ4n) is 7.15. The Balaban J connectivity index is 1.24. The van der Waals surface area contributed by atoms with Gasteiger partial charge >= 0.3 is 0 Å². The normalized spacial score (nSPS) is 13.6. The van der Waals surface area contributed by atoms with Gasteiger partial charge in [0.25, 0.3) is 0 Å². The second-order valence-corrected chi connectivity index (χ2v) is 12.7. The molecule has 0 aliphatic heterocycles. The first-order valence-electron chi connectivity index (χ1n) is 16.0. The molecule has 1 heterocycles. The molecule has 3 heteroatoms. The van der Waals surface area contributed by atoms with E-state index >= 15 is 0 Å². The molecule has 1 aliphatic carbocycles. The van der Waals surface area contributed by atoms with Crippen LogP contribution in [0.25, 0.3) is 49.5 Å². The van der Waals surface area contributed by atoms with Gasteiger partial charge in [-0.05, 0) is 90.8 Å². The van der Waals surface area contributed by atoms with Crippen molar-refractivity contribution in [2.24, 2.45) is 4.99 Å². The van der Waals surface area contributed by atoms with Crippen molar-refractivity contribution < 1.29 is 0 Å². The molecule has 0 amide bonds. The van der Waals surface area contributed by atoms with Crippen LogP contribution in [0.15, 0.2) is 157 Å². The summed E-state index contributed by atoms with van der Waals surface area (Å²) in [7, 11) is 0.